The molecule has 5 heteroatoms. The van der Waals surface area contributed by atoms with E-state index >= 15 is 0 Å². The van der Waals surface area contributed by atoms with Crippen LogP contribution in [0, 0.1) is 0 Å². The lowest BCUT2D eigenvalue weighted by Gasteiger charge is -2.22. The average Bonchev–Trinajstić information content (AvgIpc) is 2.38. The van der Waals surface area contributed by atoms with Crippen molar-refractivity contribution in [2.75, 3.05) is 53.4 Å². The van der Waals surface area contributed by atoms with Crippen LogP contribution in [-0.2, 0) is 0 Å². The van der Waals surface area contributed by atoms with Crippen LogP contribution in [0.3, 0.4) is 0 Å². The van der Waals surface area contributed by atoms with Gasteiger partial charge in [0.25, 0.3) is 0 Å². The van der Waals surface area contributed by atoms with Gasteiger partial charge in [-0.3, -0.25) is 0 Å². The lowest BCUT2D eigenvalue weighted by atomic mass is 10.3. The van der Waals surface area contributed by atoms with Crippen LogP contribution in [-0.4, -0.2) is 62.0 Å². The predicted molar refractivity (Wildman–Crippen MR) is 88.4 cm³/mol. The van der Waals surface area contributed by atoms with Crippen LogP contribution >= 0.6 is 12.1 Å². The van der Waals surface area contributed by atoms with Crippen LogP contribution in [0.15, 0.2) is 0 Å². The van der Waals surface area contributed by atoms with E-state index in [1.165, 1.54) is 25.7 Å². The number of nitrogens with one attached hydrogen (secondary N) is 2. The first-order valence-corrected chi connectivity index (χ1v) is 8.45. The molecule has 0 saturated carbocycles. The fourth-order valence-corrected chi connectivity index (χ4v) is 2.47. The van der Waals surface area contributed by atoms with Gasteiger partial charge in [0.15, 0.2) is 0 Å². The highest BCUT2D eigenvalue weighted by atomic mass is 32.2. The molecule has 0 amide bonds. The molecule has 116 valence electrons. The van der Waals surface area contributed by atoms with Crippen molar-refractivity contribution in [3.05, 3.63) is 0 Å². The fraction of sp³-hybridized carbons (Fsp3) is 1.00. The van der Waals surface area contributed by atoms with Gasteiger partial charge in [0.05, 0.1) is 0 Å². The van der Waals surface area contributed by atoms with Gasteiger partial charge < -0.3 is 10.6 Å². The third-order valence-electron chi connectivity index (χ3n) is 2.90. The maximum absolute atomic E-state index is 3.47. The number of likely N-dealkylation sites (N-methyl/N-ethyl adjacent to an activating group) is 2. The third kappa shape index (κ3) is 14.4. The molecular formula is C14H34N4S. The Balaban J connectivity index is 3.34. The van der Waals surface area contributed by atoms with Crippen molar-refractivity contribution in [1.29, 1.82) is 0 Å². The molecule has 19 heavy (non-hydrogen) atoms. The Bertz CT molecular complexity index is 163. The van der Waals surface area contributed by atoms with Crippen LogP contribution in [0.5, 0.6) is 0 Å². The summed E-state index contributed by atoms with van der Waals surface area (Å²) < 4.78 is 4.59. The molecule has 0 aromatic carbocycles. The van der Waals surface area contributed by atoms with Gasteiger partial charge in [0.1, 0.15) is 0 Å². The van der Waals surface area contributed by atoms with E-state index < -0.39 is 0 Å². The second kappa shape index (κ2) is 14.6. The van der Waals surface area contributed by atoms with Gasteiger partial charge in [-0.05, 0) is 40.0 Å². The topological polar surface area (TPSA) is 30.5 Å². The Labute approximate surface area is 124 Å². The Kier molecular flexibility index (Phi) is 14.7. The molecule has 0 heterocycles. The molecule has 0 bridgehead atoms. The van der Waals surface area contributed by atoms with Gasteiger partial charge in [-0.1, -0.05) is 26.7 Å². The van der Waals surface area contributed by atoms with Gasteiger partial charge in [0.2, 0.25) is 0 Å². The van der Waals surface area contributed by atoms with E-state index in [1.807, 2.05) is 12.1 Å². The zero-order chi connectivity index (χ0) is 14.3. The summed E-state index contributed by atoms with van der Waals surface area (Å²) in [6.07, 6.45) is 5.09. The SMILES string of the molecule is CCCCNCCN(C)SN(C)CCNCCCC. The molecule has 0 atom stereocenters. The van der Waals surface area contributed by atoms with Crippen LogP contribution in [0.4, 0.5) is 0 Å². The van der Waals surface area contributed by atoms with Crippen LogP contribution in [0.1, 0.15) is 39.5 Å². The predicted octanol–water partition coefficient (Wildman–Crippen LogP) is 2.19. The molecule has 2 N–H and O–H groups in total. The summed E-state index contributed by atoms with van der Waals surface area (Å²) in [5.74, 6) is 0. The zero-order valence-electron chi connectivity index (χ0n) is 13.4. The van der Waals surface area contributed by atoms with Crippen LogP contribution in [0.2, 0.25) is 0 Å². The summed E-state index contributed by atoms with van der Waals surface area (Å²) in [5, 5.41) is 6.94. The first-order chi connectivity index (χ1) is 9.20. The minimum atomic E-state index is 1.08. The van der Waals surface area contributed by atoms with Crippen molar-refractivity contribution < 1.29 is 0 Å². The molecule has 0 radical (unpaired) electrons. The molecule has 0 fully saturated rings. The molecule has 0 spiro atoms. The van der Waals surface area contributed by atoms with E-state index in [0.29, 0.717) is 0 Å². The average molecular weight is 291 g/mol. The Morgan fingerprint density at radius 3 is 1.53 bits per heavy atom. The standard InChI is InChI=1S/C14H34N4S/c1-5-7-9-15-11-13-17(3)19-18(4)14-12-16-10-8-6-2/h15-16H,5-14H2,1-4H3. The summed E-state index contributed by atoms with van der Waals surface area (Å²) in [6.45, 7) is 11.1. The lowest BCUT2D eigenvalue weighted by molar-refractivity contribution is 0.471. The van der Waals surface area contributed by atoms with Crippen LogP contribution < -0.4 is 10.6 Å². The van der Waals surface area contributed by atoms with Crippen molar-refractivity contribution in [3.63, 3.8) is 0 Å². The molecule has 0 saturated heterocycles. The highest BCUT2D eigenvalue weighted by Crippen LogP contribution is 2.09. The molecule has 0 rings (SSSR count). The quantitative estimate of drug-likeness (QED) is 0.378. The van der Waals surface area contributed by atoms with E-state index in [9.17, 15) is 0 Å². The van der Waals surface area contributed by atoms with Gasteiger partial charge in [-0.25, -0.2) is 8.61 Å². The van der Waals surface area contributed by atoms with Crippen molar-refractivity contribution in [1.82, 2.24) is 19.2 Å². The number of hydrogen-bond acceptors (Lipinski definition) is 5. The number of rotatable bonds is 14. The molecule has 0 aliphatic heterocycles. The first kappa shape index (κ1) is 19.2. The van der Waals surface area contributed by atoms with Gasteiger partial charge >= 0.3 is 0 Å². The Morgan fingerprint density at radius 2 is 1.16 bits per heavy atom. The largest absolute Gasteiger partial charge is 0.315 e. The smallest absolute Gasteiger partial charge is 0.0224 e. The minimum absolute atomic E-state index is 1.08. The summed E-state index contributed by atoms with van der Waals surface area (Å²) in [4.78, 5) is 0. The highest BCUT2D eigenvalue weighted by Gasteiger charge is 2.04. The summed E-state index contributed by atoms with van der Waals surface area (Å²) in [6, 6.07) is 0. The van der Waals surface area contributed by atoms with Crippen molar-refractivity contribution >= 4 is 12.1 Å². The molecular weight excluding hydrogens is 256 g/mol. The van der Waals surface area contributed by atoms with Crippen molar-refractivity contribution in [3.8, 4) is 0 Å². The Hall–Kier alpha value is 0.190. The van der Waals surface area contributed by atoms with E-state index in [2.05, 4.69) is 47.2 Å². The normalized spacial score (nSPS) is 11.7. The van der Waals surface area contributed by atoms with E-state index in [-0.39, 0.29) is 0 Å². The number of unbranched alkanes of at least 4 members (excludes halogenated alkanes) is 2. The monoisotopic (exact) mass is 290 g/mol. The van der Waals surface area contributed by atoms with Crippen LogP contribution in [0.25, 0.3) is 0 Å². The molecule has 0 aliphatic carbocycles. The molecule has 0 aliphatic rings. The molecule has 0 unspecified atom stereocenters. The summed E-state index contributed by atoms with van der Waals surface area (Å²) >= 11 is 1.81. The zero-order valence-corrected chi connectivity index (χ0v) is 14.2. The minimum Gasteiger partial charge on any atom is -0.315 e. The van der Waals surface area contributed by atoms with Gasteiger partial charge in [-0.15, -0.1) is 0 Å². The van der Waals surface area contributed by atoms with Gasteiger partial charge in [-0.2, -0.15) is 0 Å². The van der Waals surface area contributed by atoms with E-state index in [4.69, 9.17) is 0 Å². The van der Waals surface area contributed by atoms with E-state index in [1.54, 1.807) is 0 Å². The van der Waals surface area contributed by atoms with E-state index in [0.717, 1.165) is 39.3 Å². The third-order valence-corrected chi connectivity index (χ3v) is 3.82. The summed E-state index contributed by atoms with van der Waals surface area (Å²) in [7, 11) is 4.32. The van der Waals surface area contributed by atoms with Crippen molar-refractivity contribution in [2.45, 2.75) is 39.5 Å². The fourth-order valence-electron chi connectivity index (χ4n) is 1.65. The lowest BCUT2D eigenvalue weighted by Crippen LogP contribution is -2.31. The van der Waals surface area contributed by atoms with Crippen molar-refractivity contribution in [2.24, 2.45) is 0 Å². The summed E-state index contributed by atoms with van der Waals surface area (Å²) in [5.41, 5.74) is 0. The maximum Gasteiger partial charge on any atom is 0.0224 e. The molecule has 0 aromatic rings. The Morgan fingerprint density at radius 1 is 0.737 bits per heavy atom. The second-order valence-electron chi connectivity index (χ2n) is 4.99. The first-order valence-electron chi connectivity index (χ1n) is 7.72. The molecule has 0 aromatic heterocycles. The number of hydrogen-bond donors (Lipinski definition) is 2. The number of nitrogens with zero attached hydrogens (tertiary/aromatic N) is 2. The second-order valence-corrected chi connectivity index (χ2v) is 6.40. The maximum atomic E-state index is 3.47. The highest BCUT2D eigenvalue weighted by molar-refractivity contribution is 7.94. The van der Waals surface area contributed by atoms with Gasteiger partial charge in [0, 0.05) is 38.3 Å². The molecule has 4 nitrogen and oxygen atoms in total.